The third kappa shape index (κ3) is 5.42. The molecule has 0 spiro atoms. The van der Waals surface area contributed by atoms with Crippen molar-refractivity contribution >= 4 is 27.5 Å². The van der Waals surface area contributed by atoms with Gasteiger partial charge in [0.1, 0.15) is 5.82 Å². The summed E-state index contributed by atoms with van der Waals surface area (Å²) < 4.78 is 39.9. The number of hydrogen-bond acceptors (Lipinski definition) is 4. The van der Waals surface area contributed by atoms with E-state index in [1.807, 2.05) is 4.90 Å². The van der Waals surface area contributed by atoms with Crippen LogP contribution in [0, 0.1) is 11.7 Å². The van der Waals surface area contributed by atoms with Gasteiger partial charge in [-0.25, -0.2) is 12.8 Å². The topological polar surface area (TPSA) is 86.8 Å². The first-order valence-electron chi connectivity index (χ1n) is 11.3. The third-order valence-corrected chi connectivity index (χ3v) is 8.23. The number of nitrogens with zero attached hydrogens (tertiary/aromatic N) is 2. The van der Waals surface area contributed by atoms with Crippen LogP contribution in [0.15, 0.2) is 53.4 Å². The van der Waals surface area contributed by atoms with Crippen molar-refractivity contribution in [1.29, 1.82) is 0 Å². The second-order valence-corrected chi connectivity index (χ2v) is 10.5. The molecule has 4 rings (SSSR count). The predicted octanol–water partition coefficient (Wildman–Crippen LogP) is 3.49. The standard InChI is InChI=1S/C24H28FN3O4S/c25-20-6-10-22(11-7-20)33(31,32)28-16-12-18(13-17-28)23(29)26-21-8-4-19(5-9-21)24(30)27-14-2-1-3-15-27/h4-11,18H,1-3,12-17H2,(H,26,29). The van der Waals surface area contributed by atoms with Crippen LogP contribution in [0.25, 0.3) is 0 Å². The molecule has 2 heterocycles. The summed E-state index contributed by atoms with van der Waals surface area (Å²) in [5.41, 5.74) is 1.21. The van der Waals surface area contributed by atoms with Crippen molar-refractivity contribution in [1.82, 2.24) is 9.21 Å². The molecule has 2 fully saturated rings. The second kappa shape index (κ2) is 10.0. The van der Waals surface area contributed by atoms with Crippen LogP contribution in [0.4, 0.5) is 10.1 Å². The van der Waals surface area contributed by atoms with Gasteiger partial charge in [-0.1, -0.05) is 0 Å². The van der Waals surface area contributed by atoms with Crippen molar-refractivity contribution in [3.63, 3.8) is 0 Å². The zero-order valence-corrected chi connectivity index (χ0v) is 19.2. The number of sulfonamides is 1. The highest BCUT2D eigenvalue weighted by atomic mass is 32.2. The van der Waals surface area contributed by atoms with E-state index < -0.39 is 15.8 Å². The van der Waals surface area contributed by atoms with Crippen molar-refractivity contribution in [3.8, 4) is 0 Å². The number of benzene rings is 2. The van der Waals surface area contributed by atoms with Crippen LogP contribution in [0.1, 0.15) is 42.5 Å². The fourth-order valence-electron chi connectivity index (χ4n) is 4.33. The molecule has 0 aromatic heterocycles. The number of likely N-dealkylation sites (tertiary alicyclic amines) is 1. The largest absolute Gasteiger partial charge is 0.339 e. The van der Waals surface area contributed by atoms with Gasteiger partial charge in [-0.05, 0) is 80.6 Å². The number of rotatable bonds is 5. The maximum Gasteiger partial charge on any atom is 0.253 e. The first-order valence-corrected chi connectivity index (χ1v) is 12.7. The zero-order chi connectivity index (χ0) is 23.4. The highest BCUT2D eigenvalue weighted by Gasteiger charge is 2.32. The lowest BCUT2D eigenvalue weighted by Gasteiger charge is -2.30. The molecule has 176 valence electrons. The van der Waals surface area contributed by atoms with Gasteiger partial charge in [0.2, 0.25) is 15.9 Å². The van der Waals surface area contributed by atoms with Crippen LogP contribution < -0.4 is 5.32 Å². The molecule has 0 atom stereocenters. The molecule has 2 aliphatic rings. The van der Waals surface area contributed by atoms with Gasteiger partial charge in [0.25, 0.3) is 5.91 Å². The molecule has 2 amide bonds. The van der Waals surface area contributed by atoms with Crippen LogP contribution >= 0.6 is 0 Å². The van der Waals surface area contributed by atoms with Crippen LogP contribution in [-0.2, 0) is 14.8 Å². The number of anilines is 1. The minimum Gasteiger partial charge on any atom is -0.339 e. The molecule has 2 aliphatic heterocycles. The smallest absolute Gasteiger partial charge is 0.253 e. The monoisotopic (exact) mass is 473 g/mol. The lowest BCUT2D eigenvalue weighted by atomic mass is 9.97. The van der Waals surface area contributed by atoms with Crippen LogP contribution in [0.3, 0.4) is 0 Å². The fourth-order valence-corrected chi connectivity index (χ4v) is 5.80. The van der Waals surface area contributed by atoms with E-state index >= 15 is 0 Å². The predicted molar refractivity (Wildman–Crippen MR) is 123 cm³/mol. The Labute approximate surface area is 193 Å². The first kappa shape index (κ1) is 23.4. The van der Waals surface area contributed by atoms with E-state index in [1.165, 1.54) is 16.4 Å². The zero-order valence-electron chi connectivity index (χ0n) is 18.4. The maximum absolute atomic E-state index is 13.1. The Morgan fingerprint density at radius 2 is 1.45 bits per heavy atom. The molecule has 0 bridgehead atoms. The molecule has 2 aromatic rings. The highest BCUT2D eigenvalue weighted by Crippen LogP contribution is 2.25. The summed E-state index contributed by atoms with van der Waals surface area (Å²) in [5, 5.41) is 2.88. The van der Waals surface area contributed by atoms with Crippen molar-refractivity contribution in [3.05, 3.63) is 59.9 Å². The van der Waals surface area contributed by atoms with Gasteiger partial charge in [-0.3, -0.25) is 9.59 Å². The number of nitrogens with one attached hydrogen (secondary N) is 1. The van der Waals surface area contributed by atoms with Gasteiger partial charge >= 0.3 is 0 Å². The summed E-state index contributed by atoms with van der Waals surface area (Å²) >= 11 is 0. The number of hydrogen-bond donors (Lipinski definition) is 1. The molecule has 9 heteroatoms. The Morgan fingerprint density at radius 3 is 2.06 bits per heavy atom. The number of carbonyl (C=O) groups is 2. The van der Waals surface area contributed by atoms with E-state index in [-0.39, 0.29) is 35.7 Å². The van der Waals surface area contributed by atoms with Gasteiger partial charge in [-0.15, -0.1) is 0 Å². The fraction of sp³-hybridized carbons (Fsp3) is 0.417. The Bertz CT molecular complexity index is 1090. The quantitative estimate of drug-likeness (QED) is 0.720. The number of halogens is 1. The van der Waals surface area contributed by atoms with Gasteiger partial charge in [0.15, 0.2) is 0 Å². The van der Waals surface area contributed by atoms with E-state index in [4.69, 9.17) is 0 Å². The molecule has 1 N–H and O–H groups in total. The molecule has 2 aromatic carbocycles. The average Bonchev–Trinajstić information content (AvgIpc) is 2.85. The summed E-state index contributed by atoms with van der Waals surface area (Å²) in [4.78, 5) is 27.2. The van der Waals surface area contributed by atoms with Crippen LogP contribution in [0.5, 0.6) is 0 Å². The summed E-state index contributed by atoms with van der Waals surface area (Å²) in [6, 6.07) is 11.7. The van der Waals surface area contributed by atoms with E-state index in [9.17, 15) is 22.4 Å². The van der Waals surface area contributed by atoms with Gasteiger partial charge in [-0.2, -0.15) is 4.31 Å². The van der Waals surface area contributed by atoms with Crippen LogP contribution in [-0.4, -0.2) is 55.6 Å². The minimum atomic E-state index is -3.71. The van der Waals surface area contributed by atoms with E-state index in [1.54, 1.807) is 24.3 Å². The number of piperidine rings is 2. The molecular weight excluding hydrogens is 445 g/mol. The van der Waals surface area contributed by atoms with Crippen molar-refractivity contribution < 1.29 is 22.4 Å². The van der Waals surface area contributed by atoms with Crippen molar-refractivity contribution in [2.24, 2.45) is 5.92 Å². The van der Waals surface area contributed by atoms with Crippen LogP contribution in [0.2, 0.25) is 0 Å². The summed E-state index contributed by atoms with van der Waals surface area (Å²) in [6.07, 6.45) is 4.02. The van der Waals surface area contributed by atoms with Gasteiger partial charge < -0.3 is 10.2 Å². The minimum absolute atomic E-state index is 0.0160. The lowest BCUT2D eigenvalue weighted by Crippen LogP contribution is -2.41. The molecule has 0 aliphatic carbocycles. The number of amides is 2. The maximum atomic E-state index is 13.1. The average molecular weight is 474 g/mol. The molecular formula is C24H28FN3O4S. The molecule has 7 nitrogen and oxygen atoms in total. The normalized spacial score (nSPS) is 18.2. The Hall–Kier alpha value is -2.78. The van der Waals surface area contributed by atoms with E-state index in [0.29, 0.717) is 24.1 Å². The van der Waals surface area contributed by atoms with E-state index in [2.05, 4.69) is 5.32 Å². The van der Waals surface area contributed by atoms with E-state index in [0.717, 1.165) is 44.5 Å². The second-order valence-electron chi connectivity index (χ2n) is 8.55. The van der Waals surface area contributed by atoms with Gasteiger partial charge in [0.05, 0.1) is 4.90 Å². The summed E-state index contributed by atoms with van der Waals surface area (Å²) in [7, 11) is -3.71. The lowest BCUT2D eigenvalue weighted by molar-refractivity contribution is -0.120. The molecule has 0 unspecified atom stereocenters. The Morgan fingerprint density at radius 1 is 0.848 bits per heavy atom. The molecule has 33 heavy (non-hydrogen) atoms. The summed E-state index contributed by atoms with van der Waals surface area (Å²) in [5.74, 6) is -0.946. The first-order chi connectivity index (χ1) is 15.8. The van der Waals surface area contributed by atoms with Crippen molar-refractivity contribution in [2.45, 2.75) is 37.0 Å². The number of carbonyl (C=O) groups excluding carboxylic acids is 2. The molecule has 0 saturated carbocycles. The third-order valence-electron chi connectivity index (χ3n) is 6.32. The highest BCUT2D eigenvalue weighted by molar-refractivity contribution is 7.89. The summed E-state index contributed by atoms with van der Waals surface area (Å²) in [6.45, 7) is 2.02. The SMILES string of the molecule is O=C(Nc1ccc(C(=O)N2CCCCC2)cc1)C1CCN(S(=O)(=O)c2ccc(F)cc2)CC1. The van der Waals surface area contributed by atoms with Crippen molar-refractivity contribution in [2.75, 3.05) is 31.5 Å². The molecule has 0 radical (unpaired) electrons. The Kier molecular flexibility index (Phi) is 7.09. The molecule has 2 saturated heterocycles. The van der Waals surface area contributed by atoms with Gasteiger partial charge in [0, 0.05) is 43.3 Å². The Balaban J connectivity index is 1.31.